The molecule has 0 heterocycles. The lowest BCUT2D eigenvalue weighted by atomic mass is 10.1. The fourth-order valence-corrected chi connectivity index (χ4v) is 0.595. The van der Waals surface area contributed by atoms with Crippen molar-refractivity contribution in [1.29, 1.82) is 0 Å². The van der Waals surface area contributed by atoms with Gasteiger partial charge in [0.15, 0.2) is 0 Å². The Kier molecular flexibility index (Phi) is 4.19. The molecule has 2 N–H and O–H groups in total. The third kappa shape index (κ3) is 8.21. The van der Waals surface area contributed by atoms with Crippen molar-refractivity contribution in [2.75, 3.05) is 19.0 Å². The van der Waals surface area contributed by atoms with E-state index in [0.29, 0.717) is 12.4 Å². The lowest BCUT2D eigenvalue weighted by Crippen LogP contribution is -2.35. The third-order valence-electron chi connectivity index (χ3n) is 0.829. The minimum Gasteiger partial charge on any atom is -0.389 e. The van der Waals surface area contributed by atoms with Crippen LogP contribution < -0.4 is 5.32 Å². The van der Waals surface area contributed by atoms with Crippen LogP contribution >= 0.6 is 11.6 Å². The maximum Gasteiger partial charge on any atom is 0.0715 e. The Labute approximate surface area is 61.2 Å². The number of alkyl halides is 1. The van der Waals surface area contributed by atoms with E-state index >= 15 is 0 Å². The molecule has 56 valence electrons. The molecule has 2 nitrogen and oxygen atoms in total. The van der Waals surface area contributed by atoms with Crippen molar-refractivity contribution in [2.45, 2.75) is 19.4 Å². The van der Waals surface area contributed by atoms with E-state index in [0.717, 1.165) is 6.54 Å². The zero-order chi connectivity index (χ0) is 7.33. The lowest BCUT2D eigenvalue weighted by Gasteiger charge is -2.16. The second-order valence-electron chi connectivity index (χ2n) is 2.68. The van der Waals surface area contributed by atoms with Crippen LogP contribution in [0.2, 0.25) is 0 Å². The Morgan fingerprint density at radius 3 is 2.44 bits per heavy atom. The van der Waals surface area contributed by atoms with Crippen LogP contribution in [0.15, 0.2) is 0 Å². The Hall–Kier alpha value is 0.210. The minimum atomic E-state index is -0.619. The van der Waals surface area contributed by atoms with Crippen molar-refractivity contribution in [1.82, 2.24) is 5.32 Å². The first-order chi connectivity index (χ1) is 4.06. The average Bonchev–Trinajstić information content (AvgIpc) is 1.63. The van der Waals surface area contributed by atoms with Gasteiger partial charge in [0.25, 0.3) is 0 Å². The quantitative estimate of drug-likeness (QED) is 0.455. The summed E-state index contributed by atoms with van der Waals surface area (Å²) in [5, 5.41) is 12.1. The first-order valence-corrected chi connectivity index (χ1v) is 3.59. The third-order valence-corrected chi connectivity index (χ3v) is 1.02. The molecule has 9 heavy (non-hydrogen) atoms. The molecule has 0 aliphatic heterocycles. The van der Waals surface area contributed by atoms with E-state index in [1.807, 2.05) is 0 Å². The Balaban J connectivity index is 3.07. The predicted molar refractivity (Wildman–Crippen MR) is 39.9 cm³/mol. The van der Waals surface area contributed by atoms with Crippen molar-refractivity contribution in [3.8, 4) is 0 Å². The SMILES string of the molecule is CC(C)(O)CNCCCl. The van der Waals surface area contributed by atoms with Gasteiger partial charge in [0.05, 0.1) is 5.60 Å². The van der Waals surface area contributed by atoms with Gasteiger partial charge in [-0.15, -0.1) is 11.6 Å². The van der Waals surface area contributed by atoms with Crippen LogP contribution in [0.1, 0.15) is 13.8 Å². The second kappa shape index (κ2) is 4.09. The van der Waals surface area contributed by atoms with Gasteiger partial charge < -0.3 is 10.4 Å². The highest BCUT2D eigenvalue weighted by molar-refractivity contribution is 6.18. The van der Waals surface area contributed by atoms with Crippen LogP contribution in [0.25, 0.3) is 0 Å². The van der Waals surface area contributed by atoms with Gasteiger partial charge in [0, 0.05) is 19.0 Å². The van der Waals surface area contributed by atoms with Gasteiger partial charge in [0.2, 0.25) is 0 Å². The molecule has 0 fully saturated rings. The van der Waals surface area contributed by atoms with Crippen molar-refractivity contribution in [3.05, 3.63) is 0 Å². The number of halogens is 1. The maximum absolute atomic E-state index is 9.14. The number of hydrogen-bond acceptors (Lipinski definition) is 2. The Bertz CT molecular complexity index is 69.9. The minimum absolute atomic E-state index is 0.593. The molecule has 0 rings (SSSR count). The van der Waals surface area contributed by atoms with Gasteiger partial charge in [0.1, 0.15) is 0 Å². The topological polar surface area (TPSA) is 32.3 Å². The van der Waals surface area contributed by atoms with E-state index < -0.39 is 5.60 Å². The highest BCUT2D eigenvalue weighted by Crippen LogP contribution is 1.96. The average molecular weight is 152 g/mol. The fraction of sp³-hybridized carbons (Fsp3) is 1.00. The van der Waals surface area contributed by atoms with E-state index in [2.05, 4.69) is 5.32 Å². The molecule has 0 aliphatic carbocycles. The van der Waals surface area contributed by atoms with E-state index in [4.69, 9.17) is 16.7 Å². The standard InChI is InChI=1S/C6H14ClNO/c1-6(2,9)5-8-4-3-7/h8-9H,3-5H2,1-2H3. The highest BCUT2D eigenvalue weighted by atomic mass is 35.5. The molecule has 0 bridgehead atoms. The van der Waals surface area contributed by atoms with Crippen molar-refractivity contribution in [2.24, 2.45) is 0 Å². The van der Waals surface area contributed by atoms with E-state index in [1.54, 1.807) is 13.8 Å². The van der Waals surface area contributed by atoms with Gasteiger partial charge >= 0.3 is 0 Å². The molecule has 0 amide bonds. The van der Waals surface area contributed by atoms with Crippen LogP contribution in [-0.4, -0.2) is 29.7 Å². The van der Waals surface area contributed by atoms with Gasteiger partial charge in [-0.2, -0.15) is 0 Å². The molecule has 0 aromatic heterocycles. The molecule has 3 heteroatoms. The van der Waals surface area contributed by atoms with Crippen LogP contribution in [0.4, 0.5) is 0 Å². The molecule has 0 saturated carbocycles. The van der Waals surface area contributed by atoms with Gasteiger partial charge in [-0.05, 0) is 13.8 Å². The number of nitrogens with one attached hydrogen (secondary N) is 1. The summed E-state index contributed by atoms with van der Waals surface area (Å²) in [4.78, 5) is 0. The van der Waals surface area contributed by atoms with Gasteiger partial charge in [-0.1, -0.05) is 0 Å². The molecular formula is C6H14ClNO. The smallest absolute Gasteiger partial charge is 0.0715 e. The summed E-state index contributed by atoms with van der Waals surface area (Å²) in [6.07, 6.45) is 0. The zero-order valence-corrected chi connectivity index (χ0v) is 6.70. The van der Waals surface area contributed by atoms with Crippen LogP contribution in [0.5, 0.6) is 0 Å². The maximum atomic E-state index is 9.14. The zero-order valence-electron chi connectivity index (χ0n) is 5.95. The summed E-state index contributed by atoms with van der Waals surface area (Å²) in [5.41, 5.74) is -0.619. The summed E-state index contributed by atoms with van der Waals surface area (Å²) in [7, 11) is 0. The molecular weight excluding hydrogens is 138 g/mol. The summed E-state index contributed by atoms with van der Waals surface area (Å²) in [6.45, 7) is 4.87. The number of hydrogen-bond donors (Lipinski definition) is 2. The monoisotopic (exact) mass is 151 g/mol. The van der Waals surface area contributed by atoms with E-state index in [1.165, 1.54) is 0 Å². The first kappa shape index (κ1) is 9.21. The second-order valence-corrected chi connectivity index (χ2v) is 3.06. The molecule has 0 spiro atoms. The van der Waals surface area contributed by atoms with Crippen molar-refractivity contribution >= 4 is 11.6 Å². The van der Waals surface area contributed by atoms with Crippen molar-refractivity contribution < 1.29 is 5.11 Å². The van der Waals surface area contributed by atoms with Crippen molar-refractivity contribution in [3.63, 3.8) is 0 Å². The lowest BCUT2D eigenvalue weighted by molar-refractivity contribution is 0.0805. The first-order valence-electron chi connectivity index (χ1n) is 3.05. The van der Waals surface area contributed by atoms with Crippen LogP contribution in [-0.2, 0) is 0 Å². The van der Waals surface area contributed by atoms with Crippen LogP contribution in [0.3, 0.4) is 0 Å². The normalized spacial score (nSPS) is 12.0. The molecule has 0 aromatic rings. The molecule has 0 atom stereocenters. The summed E-state index contributed by atoms with van der Waals surface area (Å²) >= 11 is 5.39. The van der Waals surface area contributed by atoms with E-state index in [9.17, 15) is 0 Å². The molecule has 0 aromatic carbocycles. The van der Waals surface area contributed by atoms with Gasteiger partial charge in [-0.25, -0.2) is 0 Å². The summed E-state index contributed by atoms with van der Waals surface area (Å²) < 4.78 is 0. The Morgan fingerprint density at radius 2 is 2.11 bits per heavy atom. The molecule has 0 radical (unpaired) electrons. The summed E-state index contributed by atoms with van der Waals surface area (Å²) in [5.74, 6) is 0.593. The molecule has 0 unspecified atom stereocenters. The summed E-state index contributed by atoms with van der Waals surface area (Å²) in [6, 6.07) is 0. The predicted octanol–water partition coefficient (Wildman–Crippen LogP) is 0.586. The van der Waals surface area contributed by atoms with Gasteiger partial charge in [-0.3, -0.25) is 0 Å². The molecule has 0 saturated heterocycles. The molecule has 0 aliphatic rings. The fourth-order valence-electron chi connectivity index (χ4n) is 0.461. The largest absolute Gasteiger partial charge is 0.389 e. The number of rotatable bonds is 4. The Morgan fingerprint density at radius 1 is 1.56 bits per heavy atom. The number of aliphatic hydroxyl groups is 1. The highest BCUT2D eigenvalue weighted by Gasteiger charge is 2.09. The van der Waals surface area contributed by atoms with Crippen LogP contribution in [0, 0.1) is 0 Å². The van der Waals surface area contributed by atoms with E-state index in [-0.39, 0.29) is 0 Å².